The lowest BCUT2D eigenvalue weighted by molar-refractivity contribution is 0.146. The highest BCUT2D eigenvalue weighted by atomic mass is 32.2. The van der Waals surface area contributed by atoms with E-state index in [-0.39, 0.29) is 11.3 Å². The van der Waals surface area contributed by atoms with Crippen LogP contribution in [-0.2, 0) is 10.0 Å². The van der Waals surface area contributed by atoms with Crippen LogP contribution in [0.4, 0.5) is 0 Å². The van der Waals surface area contributed by atoms with Crippen LogP contribution in [-0.4, -0.2) is 43.7 Å². The monoisotopic (exact) mass is 272 g/mol. The minimum absolute atomic E-state index is 0.0839. The molecule has 1 saturated heterocycles. The molecule has 0 aromatic heterocycles. The Morgan fingerprint density at radius 1 is 0.944 bits per heavy atom. The van der Waals surface area contributed by atoms with E-state index in [0.29, 0.717) is 0 Å². The van der Waals surface area contributed by atoms with E-state index in [1.807, 2.05) is 0 Å². The maximum absolute atomic E-state index is 12.0. The molecule has 1 unspecified atom stereocenters. The molecule has 18 heavy (non-hydrogen) atoms. The lowest BCUT2D eigenvalue weighted by atomic mass is 10.0. The second kappa shape index (κ2) is 5.10. The first-order chi connectivity index (χ1) is 8.65. The summed E-state index contributed by atoms with van der Waals surface area (Å²) in [6, 6.07) is 0.878. The molecule has 0 bridgehead atoms. The summed E-state index contributed by atoms with van der Waals surface area (Å²) in [5, 5.41) is -0.0839. The van der Waals surface area contributed by atoms with Crippen molar-refractivity contribution >= 4 is 10.0 Å². The highest BCUT2D eigenvalue weighted by molar-refractivity contribution is 7.90. The van der Waals surface area contributed by atoms with Crippen molar-refractivity contribution in [2.45, 2.75) is 68.7 Å². The molecular formula is C13H24N2O2S. The molecule has 3 rings (SSSR count). The number of rotatable bonds is 4. The molecule has 1 heterocycles. The fourth-order valence-corrected chi connectivity index (χ4v) is 5.02. The normalized spacial score (nSPS) is 31.9. The molecule has 3 aliphatic rings. The Balaban J connectivity index is 1.56. The van der Waals surface area contributed by atoms with Gasteiger partial charge in [-0.1, -0.05) is 12.8 Å². The summed E-state index contributed by atoms with van der Waals surface area (Å²) < 4.78 is 26.9. The zero-order valence-corrected chi connectivity index (χ0v) is 11.8. The van der Waals surface area contributed by atoms with Gasteiger partial charge in [-0.3, -0.25) is 4.90 Å². The summed E-state index contributed by atoms with van der Waals surface area (Å²) in [6.07, 6.45) is 9.16. The summed E-state index contributed by atoms with van der Waals surface area (Å²) in [7, 11) is -3.01. The zero-order valence-electron chi connectivity index (χ0n) is 11.0. The number of hydrogen-bond donors (Lipinski definition) is 1. The first kappa shape index (κ1) is 12.9. The van der Waals surface area contributed by atoms with Crippen molar-refractivity contribution in [3.8, 4) is 0 Å². The molecule has 0 radical (unpaired) electrons. The van der Waals surface area contributed by atoms with Gasteiger partial charge in [0.15, 0.2) is 0 Å². The predicted octanol–water partition coefficient (Wildman–Crippen LogP) is 1.48. The lowest BCUT2D eigenvalue weighted by Crippen LogP contribution is -2.50. The summed E-state index contributed by atoms with van der Waals surface area (Å²) in [6.45, 7) is 2.09. The largest absolute Gasteiger partial charge is 0.299 e. The van der Waals surface area contributed by atoms with Gasteiger partial charge in [0.05, 0.1) is 5.25 Å². The average molecular weight is 272 g/mol. The van der Waals surface area contributed by atoms with Gasteiger partial charge in [-0.05, 0) is 45.1 Å². The van der Waals surface area contributed by atoms with Gasteiger partial charge in [0.2, 0.25) is 10.0 Å². The van der Waals surface area contributed by atoms with Gasteiger partial charge in [0, 0.05) is 18.6 Å². The maximum Gasteiger partial charge on any atom is 0.214 e. The number of nitrogens with zero attached hydrogens (tertiary/aromatic N) is 1. The van der Waals surface area contributed by atoms with E-state index >= 15 is 0 Å². The third kappa shape index (κ3) is 2.89. The highest BCUT2D eigenvalue weighted by Crippen LogP contribution is 2.29. The second-order valence-corrected chi connectivity index (χ2v) is 8.13. The summed E-state index contributed by atoms with van der Waals surface area (Å²) >= 11 is 0. The lowest BCUT2D eigenvalue weighted by Gasteiger charge is -2.36. The number of piperidine rings is 1. The zero-order chi connectivity index (χ0) is 12.6. The van der Waals surface area contributed by atoms with Crippen LogP contribution in [0.15, 0.2) is 0 Å². The smallest absolute Gasteiger partial charge is 0.214 e. The second-order valence-electron chi connectivity index (χ2n) is 6.13. The molecule has 2 saturated carbocycles. The van der Waals surface area contributed by atoms with Crippen LogP contribution in [0.2, 0.25) is 0 Å². The molecule has 4 nitrogen and oxygen atoms in total. The third-order valence-electron chi connectivity index (χ3n) is 4.59. The Morgan fingerprint density at radius 3 is 2.33 bits per heavy atom. The van der Waals surface area contributed by atoms with Crippen molar-refractivity contribution in [3.05, 3.63) is 0 Å². The first-order valence-electron chi connectivity index (χ1n) is 7.40. The molecule has 0 spiro atoms. The molecule has 1 N–H and O–H groups in total. The molecule has 1 atom stereocenters. The van der Waals surface area contributed by atoms with Gasteiger partial charge in [-0.2, -0.15) is 0 Å². The number of hydrogen-bond acceptors (Lipinski definition) is 3. The molecule has 2 aliphatic carbocycles. The summed E-state index contributed by atoms with van der Waals surface area (Å²) in [5.74, 6) is 0. The molecule has 0 aromatic carbocycles. The highest BCUT2D eigenvalue weighted by Gasteiger charge is 2.38. The molecule has 0 aromatic rings. The van der Waals surface area contributed by atoms with E-state index in [4.69, 9.17) is 0 Å². The maximum atomic E-state index is 12.0. The van der Waals surface area contributed by atoms with E-state index in [0.717, 1.165) is 44.8 Å². The molecule has 104 valence electrons. The third-order valence-corrected chi connectivity index (χ3v) is 6.60. The van der Waals surface area contributed by atoms with E-state index in [1.54, 1.807) is 0 Å². The van der Waals surface area contributed by atoms with Gasteiger partial charge in [0.25, 0.3) is 0 Å². The van der Waals surface area contributed by atoms with E-state index in [2.05, 4.69) is 9.62 Å². The van der Waals surface area contributed by atoms with Crippen LogP contribution in [0.3, 0.4) is 0 Å². The summed E-state index contributed by atoms with van der Waals surface area (Å²) in [5.41, 5.74) is 0. The Bertz CT molecular complexity index is 386. The van der Waals surface area contributed by atoms with Crippen molar-refractivity contribution in [2.75, 3.05) is 13.1 Å². The number of nitrogens with one attached hydrogen (secondary N) is 1. The van der Waals surface area contributed by atoms with Gasteiger partial charge >= 0.3 is 0 Å². The van der Waals surface area contributed by atoms with Gasteiger partial charge < -0.3 is 0 Å². The van der Waals surface area contributed by atoms with Crippen LogP contribution in [0.5, 0.6) is 0 Å². The fraction of sp³-hybridized carbons (Fsp3) is 1.00. The Kier molecular flexibility index (Phi) is 3.65. The summed E-state index contributed by atoms with van der Waals surface area (Å²) in [4.78, 5) is 2.52. The van der Waals surface area contributed by atoms with Gasteiger partial charge in [-0.15, -0.1) is 0 Å². The Labute approximate surface area is 110 Å². The van der Waals surface area contributed by atoms with Crippen molar-refractivity contribution in [3.63, 3.8) is 0 Å². The Hall–Kier alpha value is -0.130. The number of likely N-dealkylation sites (tertiary alicyclic amines) is 1. The SMILES string of the molecule is O=S(=O)(NC1CCCN(C2CCCC2)C1)C1CC1. The molecule has 5 heteroatoms. The van der Waals surface area contributed by atoms with Gasteiger partial charge in [-0.25, -0.2) is 13.1 Å². The van der Waals surface area contributed by atoms with Crippen LogP contribution < -0.4 is 4.72 Å². The topological polar surface area (TPSA) is 49.4 Å². The standard InChI is InChI=1S/C13H24N2O2S/c16-18(17,13-7-8-13)14-11-4-3-9-15(10-11)12-5-1-2-6-12/h11-14H,1-10H2. The minimum Gasteiger partial charge on any atom is -0.299 e. The fourth-order valence-electron chi connectivity index (χ4n) is 3.41. The van der Waals surface area contributed by atoms with Crippen molar-refractivity contribution < 1.29 is 8.42 Å². The van der Waals surface area contributed by atoms with Crippen molar-refractivity contribution in [2.24, 2.45) is 0 Å². The van der Waals surface area contributed by atoms with Crippen LogP contribution in [0, 0.1) is 0 Å². The molecule has 1 aliphatic heterocycles. The molecular weight excluding hydrogens is 248 g/mol. The molecule has 3 fully saturated rings. The quantitative estimate of drug-likeness (QED) is 0.843. The average Bonchev–Trinajstić information content (AvgIpc) is 3.06. The van der Waals surface area contributed by atoms with Crippen LogP contribution in [0.25, 0.3) is 0 Å². The van der Waals surface area contributed by atoms with E-state index in [1.165, 1.54) is 25.7 Å². The minimum atomic E-state index is -3.01. The van der Waals surface area contributed by atoms with Gasteiger partial charge in [0.1, 0.15) is 0 Å². The first-order valence-corrected chi connectivity index (χ1v) is 8.95. The van der Waals surface area contributed by atoms with Crippen LogP contribution in [0.1, 0.15) is 51.4 Å². The predicted molar refractivity (Wildman–Crippen MR) is 71.9 cm³/mol. The van der Waals surface area contributed by atoms with E-state index < -0.39 is 10.0 Å². The van der Waals surface area contributed by atoms with Crippen molar-refractivity contribution in [1.29, 1.82) is 0 Å². The molecule has 0 amide bonds. The number of sulfonamides is 1. The van der Waals surface area contributed by atoms with E-state index in [9.17, 15) is 8.42 Å². The van der Waals surface area contributed by atoms with Crippen LogP contribution >= 0.6 is 0 Å². The van der Waals surface area contributed by atoms with Crippen molar-refractivity contribution in [1.82, 2.24) is 9.62 Å². The Morgan fingerprint density at radius 2 is 1.67 bits per heavy atom.